The van der Waals surface area contributed by atoms with E-state index >= 15 is 0 Å². The van der Waals surface area contributed by atoms with Gasteiger partial charge in [0.1, 0.15) is 17.7 Å². The number of aryl methyl sites for hydroxylation is 4. The van der Waals surface area contributed by atoms with Crippen LogP contribution in [0, 0.1) is 33.6 Å². The SMILES string of the molecule is Cc1ccc(C)c(C(C(=O)Nc2c(C)cccc2C)N(CCO)C(=O)C(CC(C)C)NC(=O)OC(C)(C)C)c1. The quantitative estimate of drug-likeness (QED) is 0.377. The molecular formula is C31H45N3O5. The normalized spacial score (nSPS) is 13.0. The molecule has 2 unspecified atom stereocenters. The summed E-state index contributed by atoms with van der Waals surface area (Å²) >= 11 is 0. The van der Waals surface area contributed by atoms with E-state index < -0.39 is 35.6 Å². The number of aliphatic hydroxyl groups excluding tert-OH is 1. The maximum atomic E-state index is 14.1. The van der Waals surface area contributed by atoms with Crippen LogP contribution < -0.4 is 10.6 Å². The molecular weight excluding hydrogens is 494 g/mol. The second-order valence-corrected chi connectivity index (χ2v) is 11.6. The number of anilines is 1. The summed E-state index contributed by atoms with van der Waals surface area (Å²) in [4.78, 5) is 42.3. The van der Waals surface area contributed by atoms with Crippen LogP contribution in [-0.4, -0.2) is 52.7 Å². The summed E-state index contributed by atoms with van der Waals surface area (Å²) in [7, 11) is 0. The highest BCUT2D eigenvalue weighted by molar-refractivity contribution is 6.00. The standard InChI is InChI=1S/C31H45N3O5/c1-19(2)17-25(32-30(38)39-31(7,8)9)29(37)34(15-16-35)27(24-18-20(3)13-14-21(24)4)28(36)33-26-22(5)11-10-12-23(26)6/h10-14,18-19,25,27,35H,15-17H2,1-9H3,(H,32,38)(H,33,36). The van der Waals surface area contributed by atoms with E-state index in [1.807, 2.05) is 77.9 Å². The summed E-state index contributed by atoms with van der Waals surface area (Å²) in [6.45, 7) is 16.3. The van der Waals surface area contributed by atoms with Gasteiger partial charge < -0.3 is 25.4 Å². The zero-order valence-electron chi connectivity index (χ0n) is 24.8. The molecule has 8 heteroatoms. The van der Waals surface area contributed by atoms with E-state index in [0.29, 0.717) is 17.7 Å². The van der Waals surface area contributed by atoms with Crippen LogP contribution in [0.5, 0.6) is 0 Å². The fraction of sp³-hybridized carbons (Fsp3) is 0.516. The number of alkyl carbamates (subject to hydrolysis) is 1. The molecule has 0 spiro atoms. The monoisotopic (exact) mass is 539 g/mol. The molecule has 0 saturated heterocycles. The van der Waals surface area contributed by atoms with Gasteiger partial charge in [-0.15, -0.1) is 0 Å². The van der Waals surface area contributed by atoms with E-state index in [1.54, 1.807) is 20.8 Å². The minimum absolute atomic E-state index is 0.0625. The molecule has 0 saturated carbocycles. The summed E-state index contributed by atoms with van der Waals surface area (Å²) < 4.78 is 5.42. The van der Waals surface area contributed by atoms with E-state index in [9.17, 15) is 19.5 Å². The minimum atomic E-state index is -1.04. The van der Waals surface area contributed by atoms with Crippen LogP contribution in [0.2, 0.25) is 0 Å². The Hall–Kier alpha value is -3.39. The maximum Gasteiger partial charge on any atom is 0.408 e. The van der Waals surface area contributed by atoms with Crippen molar-refractivity contribution in [3.63, 3.8) is 0 Å². The van der Waals surface area contributed by atoms with Crippen LogP contribution in [0.25, 0.3) is 0 Å². The molecule has 2 atom stereocenters. The van der Waals surface area contributed by atoms with Crippen LogP contribution in [0.15, 0.2) is 36.4 Å². The second kappa shape index (κ2) is 13.6. The predicted molar refractivity (Wildman–Crippen MR) is 155 cm³/mol. The van der Waals surface area contributed by atoms with E-state index in [1.165, 1.54) is 4.90 Å². The first-order valence-electron chi connectivity index (χ1n) is 13.5. The molecule has 39 heavy (non-hydrogen) atoms. The first-order valence-corrected chi connectivity index (χ1v) is 13.5. The van der Waals surface area contributed by atoms with Crippen molar-refractivity contribution in [3.05, 3.63) is 64.2 Å². The summed E-state index contributed by atoms with van der Waals surface area (Å²) in [5.41, 5.74) is 4.15. The highest BCUT2D eigenvalue weighted by Crippen LogP contribution is 2.30. The Morgan fingerprint density at radius 3 is 2.13 bits per heavy atom. The van der Waals surface area contributed by atoms with Crippen molar-refractivity contribution in [2.75, 3.05) is 18.5 Å². The van der Waals surface area contributed by atoms with Crippen LogP contribution >= 0.6 is 0 Å². The van der Waals surface area contributed by atoms with Gasteiger partial charge in [0.2, 0.25) is 5.91 Å². The van der Waals surface area contributed by atoms with Crippen LogP contribution in [0.1, 0.15) is 74.9 Å². The Morgan fingerprint density at radius 1 is 0.974 bits per heavy atom. The number of hydrogen-bond acceptors (Lipinski definition) is 5. The van der Waals surface area contributed by atoms with Crippen molar-refractivity contribution < 1.29 is 24.2 Å². The molecule has 0 aliphatic carbocycles. The molecule has 8 nitrogen and oxygen atoms in total. The molecule has 3 N–H and O–H groups in total. The fourth-order valence-corrected chi connectivity index (χ4v) is 4.53. The third-order valence-corrected chi connectivity index (χ3v) is 6.34. The lowest BCUT2D eigenvalue weighted by molar-refractivity contribution is -0.141. The topological polar surface area (TPSA) is 108 Å². The molecule has 0 radical (unpaired) electrons. The van der Waals surface area contributed by atoms with Gasteiger partial charge in [-0.3, -0.25) is 9.59 Å². The van der Waals surface area contributed by atoms with Crippen molar-refractivity contribution in [2.45, 2.75) is 86.4 Å². The number of amides is 3. The molecule has 2 aromatic rings. The Morgan fingerprint density at radius 2 is 1.59 bits per heavy atom. The molecule has 3 amide bonds. The van der Waals surface area contributed by atoms with E-state index in [2.05, 4.69) is 10.6 Å². The van der Waals surface area contributed by atoms with E-state index in [4.69, 9.17) is 4.74 Å². The summed E-state index contributed by atoms with van der Waals surface area (Å²) in [5.74, 6) is -0.804. The van der Waals surface area contributed by atoms with Gasteiger partial charge in [-0.1, -0.05) is 55.8 Å². The Balaban J connectivity index is 2.60. The summed E-state index contributed by atoms with van der Waals surface area (Å²) in [6, 6.07) is 9.50. The lowest BCUT2D eigenvalue weighted by Gasteiger charge is -2.35. The van der Waals surface area contributed by atoms with Crippen molar-refractivity contribution >= 4 is 23.6 Å². The third-order valence-electron chi connectivity index (χ3n) is 6.34. The molecule has 0 fully saturated rings. The Labute approximate surface area is 233 Å². The van der Waals surface area contributed by atoms with Gasteiger partial charge in [-0.05, 0) is 83.1 Å². The Bertz CT molecular complexity index is 1150. The van der Waals surface area contributed by atoms with E-state index in [0.717, 1.165) is 22.3 Å². The predicted octanol–water partition coefficient (Wildman–Crippen LogP) is 5.36. The number of hydrogen-bond donors (Lipinski definition) is 3. The average molecular weight is 540 g/mol. The molecule has 0 aromatic heterocycles. The van der Waals surface area contributed by atoms with Gasteiger partial charge in [-0.2, -0.15) is 0 Å². The van der Waals surface area contributed by atoms with Crippen LogP contribution in [0.4, 0.5) is 10.5 Å². The van der Waals surface area contributed by atoms with Gasteiger partial charge in [0.15, 0.2) is 0 Å². The number of benzene rings is 2. The first kappa shape index (κ1) is 31.8. The smallest absolute Gasteiger partial charge is 0.408 e. The summed E-state index contributed by atoms with van der Waals surface area (Å²) in [6.07, 6.45) is -0.383. The van der Waals surface area contributed by atoms with Crippen molar-refractivity contribution in [1.82, 2.24) is 10.2 Å². The number of rotatable bonds is 10. The number of carbonyl (C=O) groups is 3. The number of nitrogens with one attached hydrogen (secondary N) is 2. The zero-order chi connectivity index (χ0) is 29.5. The summed E-state index contributed by atoms with van der Waals surface area (Å²) in [5, 5.41) is 15.8. The van der Waals surface area contributed by atoms with Crippen LogP contribution in [-0.2, 0) is 14.3 Å². The molecule has 214 valence electrons. The van der Waals surface area contributed by atoms with Gasteiger partial charge in [-0.25, -0.2) is 4.79 Å². The van der Waals surface area contributed by atoms with Gasteiger partial charge in [0.25, 0.3) is 5.91 Å². The largest absolute Gasteiger partial charge is 0.444 e. The second-order valence-electron chi connectivity index (χ2n) is 11.6. The number of carbonyl (C=O) groups excluding carboxylic acids is 3. The zero-order valence-corrected chi connectivity index (χ0v) is 24.8. The molecule has 0 bridgehead atoms. The van der Waals surface area contributed by atoms with Crippen molar-refractivity contribution in [2.24, 2.45) is 5.92 Å². The highest BCUT2D eigenvalue weighted by Gasteiger charge is 2.37. The first-order chi connectivity index (χ1) is 18.1. The van der Waals surface area contributed by atoms with Gasteiger partial charge in [0.05, 0.1) is 6.61 Å². The minimum Gasteiger partial charge on any atom is -0.444 e. The highest BCUT2D eigenvalue weighted by atomic mass is 16.6. The number of aliphatic hydroxyl groups is 1. The lowest BCUT2D eigenvalue weighted by atomic mass is 9.95. The maximum absolute atomic E-state index is 14.1. The lowest BCUT2D eigenvalue weighted by Crippen LogP contribution is -2.53. The number of nitrogens with zero attached hydrogens (tertiary/aromatic N) is 1. The average Bonchev–Trinajstić information content (AvgIpc) is 2.81. The Kier molecular flexibility index (Phi) is 11.1. The fourth-order valence-electron chi connectivity index (χ4n) is 4.53. The van der Waals surface area contributed by atoms with E-state index in [-0.39, 0.29) is 19.1 Å². The molecule has 0 heterocycles. The number of para-hydroxylation sites is 1. The van der Waals surface area contributed by atoms with Gasteiger partial charge in [0, 0.05) is 12.2 Å². The molecule has 0 aliphatic rings. The molecule has 2 rings (SSSR count). The molecule has 0 aliphatic heterocycles. The van der Waals surface area contributed by atoms with Gasteiger partial charge >= 0.3 is 6.09 Å². The van der Waals surface area contributed by atoms with Crippen molar-refractivity contribution in [1.29, 1.82) is 0 Å². The van der Waals surface area contributed by atoms with Crippen molar-refractivity contribution in [3.8, 4) is 0 Å². The third kappa shape index (κ3) is 9.10. The molecule has 2 aromatic carbocycles. The number of ether oxygens (including phenoxy) is 1. The van der Waals surface area contributed by atoms with Crippen LogP contribution in [0.3, 0.4) is 0 Å².